The lowest BCUT2D eigenvalue weighted by atomic mass is 10.1. The van der Waals surface area contributed by atoms with E-state index in [1.807, 2.05) is 13.8 Å². The number of carbonyl (C=O) groups is 2. The monoisotopic (exact) mass is 471 g/mol. The molecule has 9 heteroatoms. The van der Waals surface area contributed by atoms with E-state index in [4.69, 9.17) is 4.74 Å². The van der Waals surface area contributed by atoms with Crippen LogP contribution in [0.25, 0.3) is 0 Å². The van der Waals surface area contributed by atoms with Crippen LogP contribution in [0.4, 0.5) is 0 Å². The number of hydrogen-bond acceptors (Lipinski definition) is 5. The lowest BCUT2D eigenvalue weighted by Crippen LogP contribution is -2.48. The molecular formula is C24H29N3O5S. The number of nitrogens with one attached hydrogen (secondary N) is 2. The third kappa shape index (κ3) is 6.50. The number of amides is 2. The van der Waals surface area contributed by atoms with Gasteiger partial charge in [-0.2, -0.15) is 0 Å². The number of benzene rings is 2. The first-order valence-electron chi connectivity index (χ1n) is 10.7. The highest BCUT2D eigenvalue weighted by molar-refractivity contribution is 7.89. The largest absolute Gasteiger partial charge is 0.372 e. The molecule has 8 nitrogen and oxygen atoms in total. The second kappa shape index (κ2) is 10.7. The predicted molar refractivity (Wildman–Crippen MR) is 125 cm³/mol. The molecule has 1 aliphatic rings. The van der Waals surface area contributed by atoms with Crippen LogP contribution in [0.1, 0.15) is 40.1 Å². The number of morpholine rings is 1. The van der Waals surface area contributed by atoms with Crippen LogP contribution in [0.15, 0.2) is 66.1 Å². The fourth-order valence-electron chi connectivity index (χ4n) is 3.63. The van der Waals surface area contributed by atoms with E-state index in [1.165, 1.54) is 24.3 Å². The molecule has 0 saturated carbocycles. The average Bonchev–Trinajstić information content (AvgIpc) is 2.80. The van der Waals surface area contributed by atoms with E-state index >= 15 is 0 Å². The van der Waals surface area contributed by atoms with Crippen LogP contribution in [-0.4, -0.2) is 57.0 Å². The van der Waals surface area contributed by atoms with Gasteiger partial charge in [-0.3, -0.25) is 9.59 Å². The molecule has 1 heterocycles. The highest BCUT2D eigenvalue weighted by Gasteiger charge is 2.26. The highest BCUT2D eigenvalue weighted by Crippen LogP contribution is 2.15. The smallest absolute Gasteiger partial charge is 0.254 e. The molecule has 2 N–H and O–H groups in total. The predicted octanol–water partition coefficient (Wildman–Crippen LogP) is 2.33. The van der Waals surface area contributed by atoms with Crippen molar-refractivity contribution in [2.75, 3.05) is 19.6 Å². The van der Waals surface area contributed by atoms with E-state index in [2.05, 4.69) is 16.6 Å². The first kappa shape index (κ1) is 24.6. The van der Waals surface area contributed by atoms with Gasteiger partial charge >= 0.3 is 0 Å². The van der Waals surface area contributed by atoms with E-state index in [-0.39, 0.29) is 41.7 Å². The van der Waals surface area contributed by atoms with Crippen molar-refractivity contribution >= 4 is 21.8 Å². The molecule has 0 bridgehead atoms. The fourth-order valence-corrected chi connectivity index (χ4v) is 4.68. The number of ether oxygens (including phenoxy) is 1. The molecule has 2 aromatic rings. The third-order valence-corrected chi connectivity index (χ3v) is 6.61. The molecule has 3 rings (SSSR count). The molecule has 0 aromatic heterocycles. The van der Waals surface area contributed by atoms with E-state index < -0.39 is 15.9 Å². The quantitative estimate of drug-likeness (QED) is 0.575. The third-order valence-electron chi connectivity index (χ3n) is 5.18. The maximum Gasteiger partial charge on any atom is 0.254 e. The summed E-state index contributed by atoms with van der Waals surface area (Å²) in [6.45, 7) is 8.83. The van der Waals surface area contributed by atoms with Gasteiger partial charge in [0, 0.05) is 37.3 Å². The number of sulfonamides is 1. The summed E-state index contributed by atoms with van der Waals surface area (Å²) in [6, 6.07) is 12.9. The van der Waals surface area contributed by atoms with Gasteiger partial charge in [0.1, 0.15) is 0 Å². The van der Waals surface area contributed by atoms with Crippen molar-refractivity contribution in [3.8, 4) is 0 Å². The molecule has 0 spiro atoms. The maximum absolute atomic E-state index is 12.8. The number of rotatable bonds is 8. The molecule has 0 aliphatic carbocycles. The van der Waals surface area contributed by atoms with Crippen molar-refractivity contribution in [3.63, 3.8) is 0 Å². The summed E-state index contributed by atoms with van der Waals surface area (Å²) in [4.78, 5) is 27.1. The minimum Gasteiger partial charge on any atom is -0.372 e. The summed E-state index contributed by atoms with van der Waals surface area (Å²) in [6.07, 6.45) is 1.44. The van der Waals surface area contributed by atoms with Gasteiger partial charge in [-0.15, -0.1) is 6.58 Å². The van der Waals surface area contributed by atoms with Gasteiger partial charge in [0.25, 0.3) is 11.8 Å². The van der Waals surface area contributed by atoms with Crippen LogP contribution in [0, 0.1) is 0 Å². The van der Waals surface area contributed by atoms with Gasteiger partial charge in [-0.25, -0.2) is 13.1 Å². The lowest BCUT2D eigenvalue weighted by molar-refractivity contribution is -0.0586. The van der Waals surface area contributed by atoms with Gasteiger partial charge in [-0.05, 0) is 49.7 Å². The zero-order chi connectivity index (χ0) is 24.0. The standard InChI is InChI=1S/C24H29N3O5S/c1-4-12-26-33(30,31)22-7-5-6-21(13-22)23(28)25-14-19-8-10-20(11-9-19)24(29)27-15-17(2)32-18(3)16-27/h4-11,13,17-18,26H,1,12,14-16H2,2-3H3,(H,25,28). The van der Waals surface area contributed by atoms with Crippen LogP contribution in [0.3, 0.4) is 0 Å². The van der Waals surface area contributed by atoms with Gasteiger partial charge in [0.05, 0.1) is 17.1 Å². The van der Waals surface area contributed by atoms with Crippen molar-refractivity contribution in [2.24, 2.45) is 0 Å². The van der Waals surface area contributed by atoms with E-state index in [0.29, 0.717) is 18.7 Å². The lowest BCUT2D eigenvalue weighted by Gasteiger charge is -2.35. The molecule has 0 radical (unpaired) electrons. The Kier molecular flexibility index (Phi) is 8.01. The van der Waals surface area contributed by atoms with Gasteiger partial charge in [0.2, 0.25) is 10.0 Å². The van der Waals surface area contributed by atoms with Crippen molar-refractivity contribution in [3.05, 3.63) is 77.9 Å². The second-order valence-electron chi connectivity index (χ2n) is 8.02. The number of carbonyl (C=O) groups excluding carboxylic acids is 2. The van der Waals surface area contributed by atoms with Crippen molar-refractivity contribution in [1.82, 2.24) is 14.9 Å². The summed E-state index contributed by atoms with van der Waals surface area (Å²) in [5, 5.41) is 2.78. The Bertz CT molecular complexity index is 1110. The zero-order valence-electron chi connectivity index (χ0n) is 18.8. The summed E-state index contributed by atoms with van der Waals surface area (Å²) in [5.41, 5.74) is 1.63. The normalized spacial score (nSPS) is 18.5. The average molecular weight is 472 g/mol. The Morgan fingerprint density at radius 2 is 1.76 bits per heavy atom. The molecule has 2 amide bonds. The molecule has 33 heavy (non-hydrogen) atoms. The molecule has 1 saturated heterocycles. The minimum atomic E-state index is -3.72. The highest BCUT2D eigenvalue weighted by atomic mass is 32.2. The molecule has 2 aromatic carbocycles. The molecule has 2 atom stereocenters. The Hall–Kier alpha value is -3.01. The van der Waals surface area contributed by atoms with Crippen LogP contribution in [0.2, 0.25) is 0 Å². The SMILES string of the molecule is C=CCNS(=O)(=O)c1cccc(C(=O)NCc2ccc(C(=O)N3CC(C)OC(C)C3)cc2)c1. The van der Waals surface area contributed by atoms with E-state index in [1.54, 1.807) is 35.2 Å². The van der Waals surface area contributed by atoms with Crippen LogP contribution in [-0.2, 0) is 21.3 Å². The Morgan fingerprint density at radius 3 is 2.39 bits per heavy atom. The van der Waals surface area contributed by atoms with Crippen LogP contribution >= 0.6 is 0 Å². The summed E-state index contributed by atoms with van der Waals surface area (Å²) in [7, 11) is -3.72. The summed E-state index contributed by atoms with van der Waals surface area (Å²) >= 11 is 0. The van der Waals surface area contributed by atoms with Gasteiger partial charge in [0.15, 0.2) is 0 Å². The topological polar surface area (TPSA) is 105 Å². The van der Waals surface area contributed by atoms with Crippen molar-refractivity contribution < 1.29 is 22.7 Å². The first-order valence-corrected chi connectivity index (χ1v) is 12.2. The summed E-state index contributed by atoms with van der Waals surface area (Å²) in [5.74, 6) is -0.442. The molecular weight excluding hydrogens is 442 g/mol. The molecule has 1 aliphatic heterocycles. The first-order chi connectivity index (χ1) is 15.7. The van der Waals surface area contributed by atoms with Crippen molar-refractivity contribution in [2.45, 2.75) is 37.5 Å². The van der Waals surface area contributed by atoms with Gasteiger partial charge < -0.3 is 15.0 Å². The van der Waals surface area contributed by atoms with E-state index in [0.717, 1.165) is 5.56 Å². The molecule has 176 valence electrons. The fraction of sp³-hybridized carbons (Fsp3) is 0.333. The summed E-state index contributed by atoms with van der Waals surface area (Å²) < 4.78 is 32.6. The Balaban J connectivity index is 1.60. The second-order valence-corrected chi connectivity index (χ2v) is 9.78. The van der Waals surface area contributed by atoms with Gasteiger partial charge in [-0.1, -0.05) is 24.3 Å². The van der Waals surface area contributed by atoms with Crippen molar-refractivity contribution in [1.29, 1.82) is 0 Å². The maximum atomic E-state index is 12.8. The zero-order valence-corrected chi connectivity index (χ0v) is 19.6. The van der Waals surface area contributed by atoms with Crippen LogP contribution in [0.5, 0.6) is 0 Å². The number of nitrogens with zero attached hydrogens (tertiary/aromatic N) is 1. The molecule has 2 unspecified atom stereocenters. The minimum absolute atomic E-state index is 0.00144. The number of hydrogen-bond donors (Lipinski definition) is 2. The van der Waals surface area contributed by atoms with Crippen LogP contribution < -0.4 is 10.0 Å². The Morgan fingerprint density at radius 1 is 1.09 bits per heavy atom. The Labute approximate surface area is 194 Å². The molecule has 1 fully saturated rings. The van der Waals surface area contributed by atoms with E-state index in [9.17, 15) is 18.0 Å².